The Morgan fingerprint density at radius 3 is 2.53 bits per heavy atom. The quantitative estimate of drug-likeness (QED) is 0.518. The van der Waals surface area contributed by atoms with Gasteiger partial charge < -0.3 is 19.5 Å². The molecule has 0 bridgehead atoms. The summed E-state index contributed by atoms with van der Waals surface area (Å²) in [7, 11) is 0. The molecule has 1 aromatic heterocycles. The fourth-order valence-electron chi connectivity index (χ4n) is 4.35. The molecule has 10 heteroatoms. The Morgan fingerprint density at radius 2 is 1.85 bits per heavy atom. The minimum absolute atomic E-state index is 0.0220. The summed E-state index contributed by atoms with van der Waals surface area (Å²) < 4.78 is 17.0. The van der Waals surface area contributed by atoms with Crippen molar-refractivity contribution in [3.8, 4) is 0 Å². The molecule has 2 amide bonds. The molecule has 0 atom stereocenters. The molecule has 1 saturated carbocycles. The van der Waals surface area contributed by atoms with E-state index in [-0.39, 0.29) is 25.0 Å². The average Bonchev–Trinajstić information content (AvgIpc) is 3.61. The minimum Gasteiger partial charge on any atom is -0.465 e. The van der Waals surface area contributed by atoms with Gasteiger partial charge in [0.15, 0.2) is 0 Å². The second-order valence-electron chi connectivity index (χ2n) is 8.65. The van der Waals surface area contributed by atoms with Gasteiger partial charge in [0.2, 0.25) is 0 Å². The molecule has 178 valence electrons. The molecular weight excluding hydrogens is 441 g/mol. The Balaban J connectivity index is 1.32. The SMILES string of the molecule is O=C(Cc1nc2cc(F)c(N3CCN(C(=O)O)CC3)cc2n1C1CC1)NOCc1ccccc1. The van der Waals surface area contributed by atoms with Crippen molar-refractivity contribution in [2.75, 3.05) is 31.1 Å². The number of imidazole rings is 1. The third kappa shape index (κ3) is 4.67. The highest BCUT2D eigenvalue weighted by Crippen LogP contribution is 2.40. The number of benzene rings is 2. The molecule has 2 N–H and O–H groups in total. The molecule has 3 aromatic rings. The summed E-state index contributed by atoms with van der Waals surface area (Å²) in [6, 6.07) is 12.9. The molecule has 5 rings (SSSR count). The summed E-state index contributed by atoms with van der Waals surface area (Å²) in [5.74, 6) is -0.150. The van der Waals surface area contributed by atoms with E-state index in [0.717, 1.165) is 23.9 Å². The lowest BCUT2D eigenvalue weighted by molar-refractivity contribution is -0.134. The number of amides is 2. The number of nitrogens with zero attached hydrogens (tertiary/aromatic N) is 4. The third-order valence-electron chi connectivity index (χ3n) is 6.22. The fraction of sp³-hybridized carbons (Fsp3) is 0.375. The molecule has 1 aliphatic heterocycles. The zero-order valence-electron chi connectivity index (χ0n) is 18.6. The highest BCUT2D eigenvalue weighted by atomic mass is 19.1. The summed E-state index contributed by atoms with van der Waals surface area (Å²) in [6.07, 6.45) is 1.02. The van der Waals surface area contributed by atoms with Crippen LogP contribution in [0.1, 0.15) is 30.3 Å². The molecule has 2 aliphatic rings. The Morgan fingerprint density at radius 1 is 1.12 bits per heavy atom. The maximum absolute atomic E-state index is 15.0. The first kappa shape index (κ1) is 22.1. The van der Waals surface area contributed by atoms with E-state index >= 15 is 0 Å². The third-order valence-corrected chi connectivity index (χ3v) is 6.22. The standard InChI is InChI=1S/C24H26FN5O4/c25-18-12-19-21(13-20(18)28-8-10-29(11-9-28)24(32)33)30(17-6-7-17)22(26-19)14-23(31)27-34-15-16-4-2-1-3-5-16/h1-5,12-13,17H,6-11,14-15H2,(H,27,31)(H,32,33). The van der Waals surface area contributed by atoms with E-state index in [4.69, 9.17) is 9.94 Å². The van der Waals surface area contributed by atoms with Crippen molar-refractivity contribution in [3.05, 3.63) is 59.7 Å². The van der Waals surface area contributed by atoms with Gasteiger partial charge in [0.05, 0.1) is 29.7 Å². The molecule has 1 aliphatic carbocycles. The van der Waals surface area contributed by atoms with Gasteiger partial charge in [-0.05, 0) is 24.5 Å². The largest absolute Gasteiger partial charge is 0.465 e. The number of hydroxylamine groups is 1. The van der Waals surface area contributed by atoms with Crippen molar-refractivity contribution >= 4 is 28.7 Å². The van der Waals surface area contributed by atoms with Crippen LogP contribution in [0.25, 0.3) is 11.0 Å². The van der Waals surface area contributed by atoms with Crippen LogP contribution in [0, 0.1) is 5.82 Å². The van der Waals surface area contributed by atoms with Crippen molar-refractivity contribution in [2.45, 2.75) is 31.9 Å². The van der Waals surface area contributed by atoms with Crippen molar-refractivity contribution in [1.82, 2.24) is 19.9 Å². The lowest BCUT2D eigenvalue weighted by Gasteiger charge is -2.34. The van der Waals surface area contributed by atoms with Gasteiger partial charge in [-0.15, -0.1) is 0 Å². The monoisotopic (exact) mass is 467 g/mol. The summed E-state index contributed by atoms with van der Waals surface area (Å²) in [4.78, 5) is 36.8. The zero-order valence-corrected chi connectivity index (χ0v) is 18.6. The molecule has 2 fully saturated rings. The Labute approximate surface area is 195 Å². The first-order valence-corrected chi connectivity index (χ1v) is 11.4. The van der Waals surface area contributed by atoms with Crippen molar-refractivity contribution in [1.29, 1.82) is 0 Å². The summed E-state index contributed by atoms with van der Waals surface area (Å²) in [5, 5.41) is 9.16. The number of anilines is 1. The van der Waals surface area contributed by atoms with Gasteiger partial charge in [-0.1, -0.05) is 30.3 Å². The number of piperazine rings is 1. The van der Waals surface area contributed by atoms with E-state index in [2.05, 4.69) is 10.5 Å². The summed E-state index contributed by atoms with van der Waals surface area (Å²) >= 11 is 0. The molecule has 0 spiro atoms. The van der Waals surface area contributed by atoms with Crippen molar-refractivity contribution in [3.63, 3.8) is 0 Å². The van der Waals surface area contributed by atoms with Crippen LogP contribution in [-0.4, -0.2) is 57.7 Å². The van der Waals surface area contributed by atoms with Gasteiger partial charge in [-0.3, -0.25) is 9.63 Å². The number of halogens is 1. The van der Waals surface area contributed by atoms with Gasteiger partial charge in [-0.2, -0.15) is 0 Å². The molecule has 0 radical (unpaired) electrons. The van der Waals surface area contributed by atoms with E-state index in [1.807, 2.05) is 39.8 Å². The predicted octanol–water partition coefficient (Wildman–Crippen LogP) is 3.10. The molecule has 2 heterocycles. The number of carbonyl (C=O) groups excluding carboxylic acids is 1. The van der Waals surface area contributed by atoms with E-state index in [9.17, 15) is 14.0 Å². The van der Waals surface area contributed by atoms with E-state index in [1.54, 1.807) is 6.07 Å². The van der Waals surface area contributed by atoms with Crippen LogP contribution < -0.4 is 10.4 Å². The lowest BCUT2D eigenvalue weighted by Crippen LogP contribution is -2.48. The Hall–Kier alpha value is -3.66. The first-order chi connectivity index (χ1) is 16.5. The first-order valence-electron chi connectivity index (χ1n) is 11.4. The molecule has 1 saturated heterocycles. The van der Waals surface area contributed by atoms with Crippen LogP contribution in [0.2, 0.25) is 0 Å². The second-order valence-corrected chi connectivity index (χ2v) is 8.65. The van der Waals surface area contributed by atoms with E-state index < -0.39 is 11.9 Å². The predicted molar refractivity (Wildman–Crippen MR) is 123 cm³/mol. The summed E-state index contributed by atoms with van der Waals surface area (Å²) in [6.45, 7) is 1.74. The van der Waals surface area contributed by atoms with Crippen LogP contribution in [0.5, 0.6) is 0 Å². The fourth-order valence-corrected chi connectivity index (χ4v) is 4.35. The van der Waals surface area contributed by atoms with Crippen LogP contribution in [0.3, 0.4) is 0 Å². The molecule has 9 nitrogen and oxygen atoms in total. The zero-order chi connectivity index (χ0) is 23.7. The number of carboxylic acid groups (broad SMARTS) is 1. The number of carbonyl (C=O) groups is 2. The van der Waals surface area contributed by atoms with Gasteiger partial charge in [-0.25, -0.2) is 19.6 Å². The maximum atomic E-state index is 15.0. The number of hydrogen-bond acceptors (Lipinski definition) is 5. The van der Waals surface area contributed by atoms with Crippen LogP contribution >= 0.6 is 0 Å². The van der Waals surface area contributed by atoms with Gasteiger partial charge in [0.1, 0.15) is 11.6 Å². The normalized spacial score (nSPS) is 16.1. The van der Waals surface area contributed by atoms with Gasteiger partial charge in [0.25, 0.3) is 5.91 Å². The average molecular weight is 468 g/mol. The van der Waals surface area contributed by atoms with E-state index in [1.165, 1.54) is 11.0 Å². The minimum atomic E-state index is -0.960. The van der Waals surface area contributed by atoms with Crippen LogP contribution in [0.15, 0.2) is 42.5 Å². The van der Waals surface area contributed by atoms with Gasteiger partial charge in [0, 0.05) is 38.3 Å². The molecule has 0 unspecified atom stereocenters. The maximum Gasteiger partial charge on any atom is 0.407 e. The number of aromatic nitrogens is 2. The highest BCUT2D eigenvalue weighted by molar-refractivity contribution is 5.83. The van der Waals surface area contributed by atoms with Crippen molar-refractivity contribution in [2.24, 2.45) is 0 Å². The van der Waals surface area contributed by atoms with Crippen molar-refractivity contribution < 1.29 is 23.9 Å². The van der Waals surface area contributed by atoms with Gasteiger partial charge >= 0.3 is 6.09 Å². The number of hydrogen-bond donors (Lipinski definition) is 2. The number of fused-ring (bicyclic) bond motifs is 1. The van der Waals surface area contributed by atoms with Crippen LogP contribution in [0.4, 0.5) is 14.9 Å². The number of rotatable bonds is 7. The molecule has 2 aromatic carbocycles. The van der Waals surface area contributed by atoms with Crippen LogP contribution in [-0.2, 0) is 22.7 Å². The molecular formula is C24H26FN5O4. The molecule has 34 heavy (non-hydrogen) atoms. The Kier molecular flexibility index (Phi) is 6.06. The highest BCUT2D eigenvalue weighted by Gasteiger charge is 2.30. The topological polar surface area (TPSA) is 99.9 Å². The summed E-state index contributed by atoms with van der Waals surface area (Å²) in [5.41, 5.74) is 5.14. The van der Waals surface area contributed by atoms with E-state index in [0.29, 0.717) is 43.2 Å². The smallest absolute Gasteiger partial charge is 0.407 e. The second kappa shape index (κ2) is 9.30. The number of nitrogens with one attached hydrogen (secondary N) is 1. The lowest BCUT2D eigenvalue weighted by atomic mass is 10.2. The Bertz CT molecular complexity index is 1200.